The summed E-state index contributed by atoms with van der Waals surface area (Å²) in [6.07, 6.45) is -2.26. The van der Waals surface area contributed by atoms with Gasteiger partial charge in [0, 0.05) is 11.6 Å². The Morgan fingerprint density at radius 2 is 1.54 bits per heavy atom. The maximum absolute atomic E-state index is 13.5. The number of aromatic nitrogens is 1. The van der Waals surface area contributed by atoms with E-state index in [1.807, 2.05) is 61.5 Å². The third-order valence-corrected chi connectivity index (χ3v) is 4.86. The van der Waals surface area contributed by atoms with Crippen LogP contribution in [0.15, 0.2) is 79.0 Å². The predicted octanol–water partition coefficient (Wildman–Crippen LogP) is 6.82. The van der Waals surface area contributed by atoms with Crippen molar-refractivity contribution in [2.24, 2.45) is 0 Å². The summed E-state index contributed by atoms with van der Waals surface area (Å²) in [6, 6.07) is 21.9. The van der Waals surface area contributed by atoms with Crippen molar-refractivity contribution < 1.29 is 13.2 Å². The van der Waals surface area contributed by atoms with E-state index in [-0.39, 0.29) is 5.52 Å². The van der Waals surface area contributed by atoms with Crippen molar-refractivity contribution in [1.82, 2.24) is 4.98 Å². The Kier molecular flexibility index (Phi) is 4.63. The quantitative estimate of drug-likeness (QED) is 0.382. The van der Waals surface area contributed by atoms with E-state index >= 15 is 0 Å². The first-order valence-corrected chi connectivity index (χ1v) is 9.02. The molecule has 0 radical (unpaired) electrons. The number of pyridine rings is 1. The molecule has 0 unspecified atom stereocenters. The van der Waals surface area contributed by atoms with Gasteiger partial charge in [-0.25, -0.2) is 0 Å². The zero-order chi connectivity index (χ0) is 19.7. The molecule has 0 aliphatic carbocycles. The third-order valence-electron chi connectivity index (χ3n) is 4.86. The molecule has 0 aliphatic heterocycles. The second kappa shape index (κ2) is 7.12. The monoisotopic (exact) mass is 377 g/mol. The Morgan fingerprint density at radius 3 is 2.21 bits per heavy atom. The highest BCUT2D eigenvalue weighted by Gasteiger charge is 2.33. The van der Waals surface area contributed by atoms with E-state index in [1.54, 1.807) is 12.3 Å². The van der Waals surface area contributed by atoms with Crippen LogP contribution in [0.2, 0.25) is 0 Å². The van der Waals surface area contributed by atoms with E-state index in [1.165, 1.54) is 11.6 Å². The van der Waals surface area contributed by atoms with Gasteiger partial charge in [0.2, 0.25) is 0 Å². The fourth-order valence-corrected chi connectivity index (χ4v) is 3.50. The van der Waals surface area contributed by atoms with Gasteiger partial charge in [0.1, 0.15) is 0 Å². The lowest BCUT2D eigenvalue weighted by atomic mass is 9.92. The number of fused-ring (bicyclic) bond motifs is 1. The Bertz CT molecular complexity index is 1110. The van der Waals surface area contributed by atoms with Gasteiger partial charge in [0.05, 0.1) is 11.1 Å². The lowest BCUT2D eigenvalue weighted by molar-refractivity contribution is -0.136. The largest absolute Gasteiger partial charge is 0.418 e. The Balaban J connectivity index is 1.96. The average Bonchev–Trinajstić information content (AvgIpc) is 2.69. The molecule has 0 spiro atoms. The van der Waals surface area contributed by atoms with E-state index in [4.69, 9.17) is 0 Å². The van der Waals surface area contributed by atoms with Crippen molar-refractivity contribution >= 4 is 10.9 Å². The van der Waals surface area contributed by atoms with E-state index in [9.17, 15) is 13.2 Å². The number of aryl methyl sites for hydroxylation is 1. The van der Waals surface area contributed by atoms with Gasteiger partial charge < -0.3 is 0 Å². The number of hydrogen-bond donors (Lipinski definition) is 0. The molecule has 1 heterocycles. The molecule has 4 rings (SSSR count). The molecule has 0 saturated heterocycles. The van der Waals surface area contributed by atoms with Crippen molar-refractivity contribution in [3.63, 3.8) is 0 Å². The number of nitrogens with zero attached hydrogens (tertiary/aromatic N) is 1. The minimum absolute atomic E-state index is 0.0125. The summed E-state index contributed by atoms with van der Waals surface area (Å²) >= 11 is 0. The molecule has 4 aromatic rings. The van der Waals surface area contributed by atoms with E-state index < -0.39 is 11.7 Å². The smallest absolute Gasteiger partial charge is 0.255 e. The standard InChI is InChI=1S/C24H18F3N/c1-16-10-12-17(13-11-16)14-19-15-28-23-20(8-5-9-21(23)24(25,26)27)22(19)18-6-3-2-4-7-18/h2-13,15H,14H2,1H3. The van der Waals surface area contributed by atoms with Crippen LogP contribution in [0.5, 0.6) is 0 Å². The second-order valence-electron chi connectivity index (χ2n) is 6.89. The molecule has 140 valence electrons. The molecule has 0 bridgehead atoms. The zero-order valence-corrected chi connectivity index (χ0v) is 15.3. The van der Waals surface area contributed by atoms with Gasteiger partial charge in [-0.05, 0) is 41.7 Å². The van der Waals surface area contributed by atoms with Crippen molar-refractivity contribution in [1.29, 1.82) is 0 Å². The van der Waals surface area contributed by atoms with Crippen LogP contribution >= 0.6 is 0 Å². The molecule has 0 amide bonds. The number of halogens is 3. The van der Waals surface area contributed by atoms with E-state index in [2.05, 4.69) is 4.98 Å². The minimum atomic E-state index is -4.45. The molecule has 1 nitrogen and oxygen atoms in total. The number of para-hydroxylation sites is 1. The maximum Gasteiger partial charge on any atom is 0.418 e. The Hall–Kier alpha value is -3.14. The molecule has 3 aromatic carbocycles. The van der Waals surface area contributed by atoms with Gasteiger partial charge in [-0.15, -0.1) is 0 Å². The lowest BCUT2D eigenvalue weighted by Crippen LogP contribution is -2.07. The van der Waals surface area contributed by atoms with Gasteiger partial charge in [0.25, 0.3) is 0 Å². The van der Waals surface area contributed by atoms with Crippen molar-refractivity contribution in [3.8, 4) is 11.1 Å². The first kappa shape index (κ1) is 18.2. The molecule has 4 heteroatoms. The molecule has 0 fully saturated rings. The molecule has 28 heavy (non-hydrogen) atoms. The molecule has 1 aromatic heterocycles. The van der Waals surface area contributed by atoms with Crippen LogP contribution < -0.4 is 0 Å². The molecule has 0 N–H and O–H groups in total. The first-order chi connectivity index (χ1) is 13.4. The number of hydrogen-bond acceptors (Lipinski definition) is 1. The van der Waals surface area contributed by atoms with E-state index in [0.29, 0.717) is 11.8 Å². The fourth-order valence-electron chi connectivity index (χ4n) is 3.50. The summed E-state index contributed by atoms with van der Waals surface area (Å²) in [7, 11) is 0. The maximum atomic E-state index is 13.5. The Labute approximate surface area is 161 Å². The highest BCUT2D eigenvalue weighted by molar-refractivity contribution is 5.97. The molecule has 0 aliphatic rings. The van der Waals surface area contributed by atoms with Crippen molar-refractivity contribution in [3.05, 3.63) is 101 Å². The van der Waals surface area contributed by atoms with Crippen LogP contribution in [-0.2, 0) is 12.6 Å². The summed E-state index contributed by atoms with van der Waals surface area (Å²) in [5, 5.41) is 0.519. The first-order valence-electron chi connectivity index (χ1n) is 9.02. The minimum Gasteiger partial charge on any atom is -0.255 e. The van der Waals surface area contributed by atoms with E-state index in [0.717, 1.165) is 28.3 Å². The number of benzene rings is 3. The highest BCUT2D eigenvalue weighted by atomic mass is 19.4. The summed E-state index contributed by atoms with van der Waals surface area (Å²) < 4.78 is 40.5. The number of alkyl halides is 3. The van der Waals surface area contributed by atoms with Crippen LogP contribution in [0.25, 0.3) is 22.0 Å². The molecule has 0 atom stereocenters. The topological polar surface area (TPSA) is 12.9 Å². The predicted molar refractivity (Wildman–Crippen MR) is 106 cm³/mol. The molecule has 0 saturated carbocycles. The van der Waals surface area contributed by atoms with Gasteiger partial charge in [-0.1, -0.05) is 72.3 Å². The summed E-state index contributed by atoms with van der Waals surface area (Å²) in [6.45, 7) is 2.02. The summed E-state index contributed by atoms with van der Waals surface area (Å²) in [5.74, 6) is 0. The van der Waals surface area contributed by atoms with Gasteiger partial charge in [-0.2, -0.15) is 13.2 Å². The normalized spacial score (nSPS) is 11.7. The third kappa shape index (κ3) is 3.50. The highest BCUT2D eigenvalue weighted by Crippen LogP contribution is 2.38. The van der Waals surface area contributed by atoms with Crippen LogP contribution in [0.3, 0.4) is 0 Å². The number of rotatable bonds is 3. The van der Waals surface area contributed by atoms with Crippen LogP contribution in [0.1, 0.15) is 22.3 Å². The van der Waals surface area contributed by atoms with Crippen LogP contribution in [0.4, 0.5) is 13.2 Å². The molecular formula is C24H18F3N. The summed E-state index contributed by atoms with van der Waals surface area (Å²) in [5.41, 5.74) is 4.13. The SMILES string of the molecule is Cc1ccc(Cc2cnc3c(C(F)(F)F)cccc3c2-c2ccccc2)cc1. The van der Waals surface area contributed by atoms with Crippen LogP contribution in [-0.4, -0.2) is 4.98 Å². The van der Waals surface area contributed by atoms with Gasteiger partial charge >= 0.3 is 6.18 Å². The van der Waals surface area contributed by atoms with Crippen molar-refractivity contribution in [2.45, 2.75) is 19.5 Å². The molecular weight excluding hydrogens is 359 g/mol. The van der Waals surface area contributed by atoms with Gasteiger partial charge in [0.15, 0.2) is 0 Å². The lowest BCUT2D eigenvalue weighted by Gasteiger charge is -2.16. The summed E-state index contributed by atoms with van der Waals surface area (Å²) in [4.78, 5) is 4.23. The van der Waals surface area contributed by atoms with Crippen molar-refractivity contribution in [2.75, 3.05) is 0 Å². The zero-order valence-electron chi connectivity index (χ0n) is 15.3. The Morgan fingerprint density at radius 1 is 0.821 bits per heavy atom. The average molecular weight is 377 g/mol. The van der Waals surface area contributed by atoms with Crippen LogP contribution in [0, 0.1) is 6.92 Å². The second-order valence-corrected chi connectivity index (χ2v) is 6.89. The van der Waals surface area contributed by atoms with Gasteiger partial charge in [-0.3, -0.25) is 4.98 Å². The fraction of sp³-hybridized carbons (Fsp3) is 0.125.